The van der Waals surface area contributed by atoms with Gasteiger partial charge in [-0.05, 0) is 6.07 Å². The number of hydrogen-bond donors (Lipinski definition) is 2. The summed E-state index contributed by atoms with van der Waals surface area (Å²) in [6.07, 6.45) is 1.73. The number of nitrogens with two attached hydrogens (primary N) is 1. The van der Waals surface area contributed by atoms with Crippen molar-refractivity contribution in [2.24, 2.45) is 0 Å². The zero-order chi connectivity index (χ0) is 6.69. The first-order valence-electron chi connectivity index (χ1n) is 2.72. The molecule has 0 aliphatic heterocycles. The van der Waals surface area contributed by atoms with Crippen molar-refractivity contribution in [3.8, 4) is 0 Å². The highest BCUT2D eigenvalue weighted by Gasteiger charge is 1.90. The van der Waals surface area contributed by atoms with Gasteiger partial charge in [-0.25, -0.2) is 0 Å². The van der Waals surface area contributed by atoms with Crippen molar-refractivity contribution >= 4 is 18.2 Å². The molecule has 4 nitrogen and oxygen atoms in total. The van der Waals surface area contributed by atoms with Gasteiger partial charge < -0.3 is 10.8 Å². The highest BCUT2D eigenvalue weighted by Crippen LogP contribution is 1.93. The third-order valence-electron chi connectivity index (χ3n) is 0.990. The fraction of sp³-hybridized carbons (Fsp3) is 0.400. The third-order valence-corrected chi connectivity index (χ3v) is 0.990. The zero-order valence-corrected chi connectivity index (χ0v) is 6.21. The standard InChI is InChI=1S/C5H9N3O.ClH/c6-5-1-2-8(7-5)3-4-9;/h1-2,9H,3-4H2,(H2,6,7);1H. The van der Waals surface area contributed by atoms with Gasteiger partial charge in [-0.1, -0.05) is 0 Å². The molecule has 0 bridgehead atoms. The van der Waals surface area contributed by atoms with Crippen LogP contribution in [0.1, 0.15) is 0 Å². The van der Waals surface area contributed by atoms with E-state index >= 15 is 0 Å². The van der Waals surface area contributed by atoms with Gasteiger partial charge in [-0.15, -0.1) is 12.4 Å². The molecule has 1 aromatic heterocycles. The monoisotopic (exact) mass is 163 g/mol. The Morgan fingerprint density at radius 3 is 2.80 bits per heavy atom. The summed E-state index contributed by atoms with van der Waals surface area (Å²) in [7, 11) is 0. The van der Waals surface area contributed by atoms with Gasteiger partial charge in [0.2, 0.25) is 0 Å². The highest BCUT2D eigenvalue weighted by atomic mass is 35.5. The fourth-order valence-corrected chi connectivity index (χ4v) is 0.604. The van der Waals surface area contributed by atoms with E-state index in [0.717, 1.165) is 0 Å². The summed E-state index contributed by atoms with van der Waals surface area (Å²) in [5, 5.41) is 12.3. The lowest BCUT2D eigenvalue weighted by Gasteiger charge is -1.93. The molecule has 1 rings (SSSR count). The Morgan fingerprint density at radius 1 is 1.70 bits per heavy atom. The van der Waals surface area contributed by atoms with Crippen LogP contribution in [0.25, 0.3) is 0 Å². The van der Waals surface area contributed by atoms with E-state index in [9.17, 15) is 0 Å². The summed E-state index contributed by atoms with van der Waals surface area (Å²) < 4.78 is 1.59. The first kappa shape index (κ1) is 9.26. The topological polar surface area (TPSA) is 64.1 Å². The van der Waals surface area contributed by atoms with Crippen LogP contribution in [-0.2, 0) is 6.54 Å². The number of aliphatic hydroxyl groups excluding tert-OH is 1. The predicted octanol–water partition coefficient (Wildman–Crippen LogP) is -0.121. The Balaban J connectivity index is 0.000000810. The van der Waals surface area contributed by atoms with Gasteiger partial charge in [0.1, 0.15) is 5.82 Å². The molecular formula is C5H10ClN3O. The van der Waals surface area contributed by atoms with Crippen LogP contribution >= 0.6 is 12.4 Å². The van der Waals surface area contributed by atoms with E-state index in [4.69, 9.17) is 10.8 Å². The number of halogens is 1. The maximum Gasteiger partial charge on any atom is 0.145 e. The first-order valence-corrected chi connectivity index (χ1v) is 2.72. The van der Waals surface area contributed by atoms with E-state index in [-0.39, 0.29) is 19.0 Å². The molecule has 1 heterocycles. The number of aliphatic hydroxyl groups is 1. The Kier molecular flexibility index (Phi) is 3.83. The quantitative estimate of drug-likeness (QED) is 0.639. The molecule has 5 heteroatoms. The van der Waals surface area contributed by atoms with E-state index in [1.54, 1.807) is 16.9 Å². The molecule has 0 unspecified atom stereocenters. The molecule has 1 aromatic rings. The van der Waals surface area contributed by atoms with Crippen molar-refractivity contribution in [1.29, 1.82) is 0 Å². The third kappa shape index (κ3) is 2.24. The van der Waals surface area contributed by atoms with Crippen molar-refractivity contribution in [3.63, 3.8) is 0 Å². The highest BCUT2D eigenvalue weighted by molar-refractivity contribution is 5.85. The van der Waals surface area contributed by atoms with Crippen LogP contribution in [0.4, 0.5) is 5.82 Å². The fourth-order valence-electron chi connectivity index (χ4n) is 0.604. The van der Waals surface area contributed by atoms with Crippen LogP contribution in [0.3, 0.4) is 0 Å². The van der Waals surface area contributed by atoms with Gasteiger partial charge in [-0.3, -0.25) is 4.68 Å². The molecule has 0 saturated heterocycles. The molecule has 0 fully saturated rings. The summed E-state index contributed by atoms with van der Waals surface area (Å²) in [5.74, 6) is 0.489. The van der Waals surface area contributed by atoms with E-state index in [1.807, 2.05) is 0 Å². The van der Waals surface area contributed by atoms with Crippen LogP contribution in [0.5, 0.6) is 0 Å². The Hall–Kier alpha value is -0.740. The molecule has 3 N–H and O–H groups in total. The van der Waals surface area contributed by atoms with E-state index in [2.05, 4.69) is 5.10 Å². The Morgan fingerprint density at radius 2 is 2.40 bits per heavy atom. The van der Waals surface area contributed by atoms with E-state index in [1.165, 1.54) is 0 Å². The van der Waals surface area contributed by atoms with Gasteiger partial charge in [-0.2, -0.15) is 5.10 Å². The Labute approximate surface area is 65.1 Å². The smallest absolute Gasteiger partial charge is 0.145 e. The van der Waals surface area contributed by atoms with Crippen LogP contribution in [0.2, 0.25) is 0 Å². The molecule has 0 amide bonds. The van der Waals surface area contributed by atoms with Crippen LogP contribution in [-0.4, -0.2) is 21.5 Å². The average Bonchev–Trinajstić information content (AvgIpc) is 2.17. The van der Waals surface area contributed by atoms with Crippen LogP contribution < -0.4 is 5.73 Å². The maximum atomic E-state index is 8.43. The second-order valence-electron chi connectivity index (χ2n) is 1.73. The van der Waals surface area contributed by atoms with Gasteiger partial charge in [0.15, 0.2) is 0 Å². The summed E-state index contributed by atoms with van der Waals surface area (Å²) >= 11 is 0. The number of aromatic nitrogens is 2. The lowest BCUT2D eigenvalue weighted by Crippen LogP contribution is -2.02. The van der Waals surface area contributed by atoms with Gasteiger partial charge in [0.05, 0.1) is 13.2 Å². The molecule has 0 aromatic carbocycles. The first-order chi connectivity index (χ1) is 4.33. The average molecular weight is 164 g/mol. The number of nitrogens with zero attached hydrogens (tertiary/aromatic N) is 2. The molecule has 0 aliphatic rings. The second-order valence-corrected chi connectivity index (χ2v) is 1.73. The van der Waals surface area contributed by atoms with E-state index in [0.29, 0.717) is 12.4 Å². The van der Waals surface area contributed by atoms with Crippen LogP contribution in [0, 0.1) is 0 Å². The number of anilines is 1. The van der Waals surface area contributed by atoms with Gasteiger partial charge in [0, 0.05) is 6.20 Å². The van der Waals surface area contributed by atoms with Crippen LogP contribution in [0.15, 0.2) is 12.3 Å². The summed E-state index contributed by atoms with van der Waals surface area (Å²) in [4.78, 5) is 0. The summed E-state index contributed by atoms with van der Waals surface area (Å²) in [6, 6.07) is 1.69. The molecule has 0 aliphatic carbocycles. The SMILES string of the molecule is Cl.Nc1ccn(CCO)n1. The second kappa shape index (κ2) is 4.14. The van der Waals surface area contributed by atoms with Crippen molar-refractivity contribution in [2.45, 2.75) is 6.54 Å². The van der Waals surface area contributed by atoms with Crippen molar-refractivity contribution in [3.05, 3.63) is 12.3 Å². The molecule has 0 atom stereocenters. The van der Waals surface area contributed by atoms with Crippen molar-refractivity contribution in [2.75, 3.05) is 12.3 Å². The molecule has 58 valence electrons. The largest absolute Gasteiger partial charge is 0.394 e. The summed E-state index contributed by atoms with van der Waals surface area (Å²) in [5.41, 5.74) is 5.30. The van der Waals surface area contributed by atoms with Crippen molar-refractivity contribution in [1.82, 2.24) is 9.78 Å². The number of rotatable bonds is 2. The molecule has 0 radical (unpaired) electrons. The molecular weight excluding hydrogens is 154 g/mol. The number of hydrogen-bond acceptors (Lipinski definition) is 3. The zero-order valence-electron chi connectivity index (χ0n) is 5.40. The Bertz CT molecular complexity index is 189. The molecule has 0 saturated carbocycles. The maximum absolute atomic E-state index is 8.43. The van der Waals surface area contributed by atoms with E-state index < -0.39 is 0 Å². The van der Waals surface area contributed by atoms with Gasteiger partial charge in [0.25, 0.3) is 0 Å². The normalized spacial score (nSPS) is 8.90. The molecule has 0 spiro atoms. The minimum atomic E-state index is 0. The predicted molar refractivity (Wildman–Crippen MR) is 41.0 cm³/mol. The van der Waals surface area contributed by atoms with Gasteiger partial charge >= 0.3 is 0 Å². The molecule has 10 heavy (non-hydrogen) atoms. The lowest BCUT2D eigenvalue weighted by molar-refractivity contribution is 0.269. The number of nitrogen functional groups attached to an aromatic ring is 1. The minimum Gasteiger partial charge on any atom is -0.394 e. The lowest BCUT2D eigenvalue weighted by atomic mass is 10.6. The minimum absolute atomic E-state index is 0. The van der Waals surface area contributed by atoms with Crippen molar-refractivity contribution < 1.29 is 5.11 Å². The summed E-state index contributed by atoms with van der Waals surface area (Å²) in [6.45, 7) is 0.609.